The van der Waals surface area contributed by atoms with E-state index in [1.807, 2.05) is 35.2 Å². The molecule has 1 atom stereocenters. The number of nitrogens with zero attached hydrogens (tertiary/aromatic N) is 2. The molecule has 1 unspecified atom stereocenters. The Labute approximate surface area is 201 Å². The van der Waals surface area contributed by atoms with Gasteiger partial charge < -0.3 is 16.0 Å². The zero-order valence-electron chi connectivity index (χ0n) is 19.3. The highest BCUT2D eigenvalue weighted by Crippen LogP contribution is 2.28. The van der Waals surface area contributed by atoms with Crippen LogP contribution in [-0.4, -0.2) is 55.2 Å². The summed E-state index contributed by atoms with van der Waals surface area (Å²) in [5.41, 5.74) is 7.67. The SMILES string of the molecule is N=C1N(C2CCCCC2)CCN1S(=O)(=O)c1ccc(CCNC(=O)C(N)c2ccccc2)cc1. The Morgan fingerprint density at radius 3 is 2.38 bits per heavy atom. The molecule has 1 amide bonds. The molecule has 8 nitrogen and oxygen atoms in total. The fourth-order valence-electron chi connectivity index (χ4n) is 4.74. The molecule has 2 aromatic rings. The Morgan fingerprint density at radius 2 is 1.71 bits per heavy atom. The van der Waals surface area contributed by atoms with E-state index < -0.39 is 16.1 Å². The average molecular weight is 484 g/mol. The van der Waals surface area contributed by atoms with Crippen molar-refractivity contribution < 1.29 is 13.2 Å². The largest absolute Gasteiger partial charge is 0.354 e. The maximum Gasteiger partial charge on any atom is 0.266 e. The standard InChI is InChI=1S/C25H33N5O3S/c26-23(20-7-3-1-4-8-20)24(31)28-16-15-19-11-13-22(14-12-19)34(32,33)30-18-17-29(25(30)27)21-9-5-2-6-10-21/h1,3-4,7-8,11-14,21,23,27H,2,5-6,9-10,15-18,26H2,(H,28,31). The van der Waals surface area contributed by atoms with E-state index in [9.17, 15) is 13.2 Å². The molecule has 1 saturated heterocycles. The van der Waals surface area contributed by atoms with Gasteiger partial charge in [-0.1, -0.05) is 61.7 Å². The zero-order chi connectivity index (χ0) is 24.1. The van der Waals surface area contributed by atoms with Crippen LogP contribution in [0.4, 0.5) is 0 Å². The minimum Gasteiger partial charge on any atom is -0.354 e. The summed E-state index contributed by atoms with van der Waals surface area (Å²) < 4.78 is 27.6. The van der Waals surface area contributed by atoms with Gasteiger partial charge in [0.15, 0.2) is 0 Å². The second kappa shape index (κ2) is 10.6. The quantitative estimate of drug-likeness (QED) is 0.533. The van der Waals surface area contributed by atoms with E-state index in [0.29, 0.717) is 26.1 Å². The Hall–Kier alpha value is -2.91. The topological polar surface area (TPSA) is 120 Å². The monoisotopic (exact) mass is 483 g/mol. The lowest BCUT2D eigenvalue weighted by Gasteiger charge is -2.32. The Kier molecular flexibility index (Phi) is 7.53. The van der Waals surface area contributed by atoms with Crippen molar-refractivity contribution in [1.29, 1.82) is 5.41 Å². The highest BCUT2D eigenvalue weighted by Gasteiger charge is 2.38. The van der Waals surface area contributed by atoms with Crippen LogP contribution in [0, 0.1) is 5.41 Å². The second-order valence-corrected chi connectivity index (χ2v) is 10.8. The average Bonchev–Trinajstić information content (AvgIpc) is 3.27. The van der Waals surface area contributed by atoms with Crippen molar-refractivity contribution in [2.24, 2.45) is 5.73 Å². The van der Waals surface area contributed by atoms with E-state index >= 15 is 0 Å². The van der Waals surface area contributed by atoms with Gasteiger partial charge in [0, 0.05) is 19.1 Å². The number of nitrogens with one attached hydrogen (secondary N) is 2. The Balaban J connectivity index is 1.32. The van der Waals surface area contributed by atoms with Crippen molar-refractivity contribution in [3.05, 3.63) is 65.7 Å². The first-order valence-electron chi connectivity index (χ1n) is 11.9. The number of hydrogen-bond acceptors (Lipinski definition) is 5. The summed E-state index contributed by atoms with van der Waals surface area (Å²) in [6.45, 7) is 1.29. The maximum atomic E-state index is 13.2. The number of hydrogen-bond donors (Lipinski definition) is 3. The van der Waals surface area contributed by atoms with Gasteiger partial charge in [-0.2, -0.15) is 0 Å². The van der Waals surface area contributed by atoms with Gasteiger partial charge in [-0.05, 0) is 42.5 Å². The second-order valence-electron chi connectivity index (χ2n) is 8.96. The number of carbonyl (C=O) groups is 1. The van der Waals surface area contributed by atoms with Crippen LogP contribution in [0.25, 0.3) is 0 Å². The van der Waals surface area contributed by atoms with Gasteiger partial charge in [-0.3, -0.25) is 10.2 Å². The summed E-state index contributed by atoms with van der Waals surface area (Å²) in [5.74, 6) is -0.158. The first kappa shape index (κ1) is 24.2. The highest BCUT2D eigenvalue weighted by atomic mass is 32.2. The summed E-state index contributed by atoms with van der Waals surface area (Å²) in [5, 5.41) is 11.3. The lowest BCUT2D eigenvalue weighted by Crippen LogP contribution is -2.42. The summed E-state index contributed by atoms with van der Waals surface area (Å²) in [7, 11) is -3.77. The van der Waals surface area contributed by atoms with Crippen molar-refractivity contribution in [2.75, 3.05) is 19.6 Å². The molecule has 2 aromatic carbocycles. The van der Waals surface area contributed by atoms with Crippen LogP contribution in [-0.2, 0) is 21.2 Å². The van der Waals surface area contributed by atoms with Gasteiger partial charge in [-0.15, -0.1) is 0 Å². The van der Waals surface area contributed by atoms with Crippen LogP contribution in [0.1, 0.15) is 49.3 Å². The van der Waals surface area contributed by atoms with Crippen LogP contribution in [0.3, 0.4) is 0 Å². The molecule has 0 aromatic heterocycles. The van der Waals surface area contributed by atoms with Crippen molar-refractivity contribution >= 4 is 21.9 Å². The molecule has 9 heteroatoms. The lowest BCUT2D eigenvalue weighted by atomic mass is 9.94. The number of guanidine groups is 1. The van der Waals surface area contributed by atoms with Crippen molar-refractivity contribution in [3.8, 4) is 0 Å². The molecular formula is C25H33N5O3S. The molecule has 1 aliphatic heterocycles. The van der Waals surface area contributed by atoms with Crippen LogP contribution in [0.5, 0.6) is 0 Å². The molecule has 182 valence electrons. The number of carbonyl (C=O) groups excluding carboxylic acids is 1. The number of nitrogens with two attached hydrogens (primary N) is 1. The third-order valence-electron chi connectivity index (χ3n) is 6.73. The molecule has 2 fully saturated rings. The molecular weight excluding hydrogens is 450 g/mol. The third-order valence-corrected chi connectivity index (χ3v) is 8.54. The zero-order valence-corrected chi connectivity index (χ0v) is 20.1. The van der Waals surface area contributed by atoms with E-state index in [1.165, 1.54) is 10.7 Å². The predicted molar refractivity (Wildman–Crippen MR) is 132 cm³/mol. The van der Waals surface area contributed by atoms with Gasteiger partial charge >= 0.3 is 0 Å². The fourth-order valence-corrected chi connectivity index (χ4v) is 6.13. The lowest BCUT2D eigenvalue weighted by molar-refractivity contribution is -0.122. The van der Waals surface area contributed by atoms with Crippen molar-refractivity contribution in [2.45, 2.75) is 55.5 Å². The van der Waals surface area contributed by atoms with Gasteiger partial charge in [0.1, 0.15) is 6.04 Å². The molecule has 0 spiro atoms. The molecule has 0 bridgehead atoms. The minimum absolute atomic E-state index is 0.0912. The van der Waals surface area contributed by atoms with Gasteiger partial charge in [0.25, 0.3) is 10.0 Å². The van der Waals surface area contributed by atoms with E-state index in [0.717, 1.165) is 36.8 Å². The summed E-state index contributed by atoms with van der Waals surface area (Å²) in [6, 6.07) is 15.4. The van der Waals surface area contributed by atoms with Gasteiger partial charge in [0.2, 0.25) is 11.9 Å². The van der Waals surface area contributed by atoms with Crippen LogP contribution in [0.2, 0.25) is 0 Å². The minimum atomic E-state index is -3.77. The number of rotatable bonds is 8. The Bertz CT molecular complexity index is 1100. The molecule has 1 aliphatic carbocycles. The first-order valence-corrected chi connectivity index (χ1v) is 13.4. The molecule has 2 aliphatic rings. The number of sulfonamides is 1. The van der Waals surface area contributed by atoms with Crippen LogP contribution in [0.15, 0.2) is 59.5 Å². The summed E-state index contributed by atoms with van der Waals surface area (Å²) in [6.07, 6.45) is 6.11. The fraction of sp³-hybridized carbons (Fsp3) is 0.440. The molecule has 1 heterocycles. The van der Waals surface area contributed by atoms with Gasteiger partial charge in [-0.25, -0.2) is 12.7 Å². The maximum absolute atomic E-state index is 13.2. The van der Waals surface area contributed by atoms with Gasteiger partial charge in [0.05, 0.1) is 11.4 Å². The van der Waals surface area contributed by atoms with E-state index in [-0.39, 0.29) is 22.8 Å². The molecule has 34 heavy (non-hydrogen) atoms. The van der Waals surface area contributed by atoms with Crippen LogP contribution >= 0.6 is 0 Å². The molecule has 4 rings (SSSR count). The normalized spacial score (nSPS) is 18.2. The third kappa shape index (κ3) is 5.26. The first-order chi connectivity index (χ1) is 16.4. The summed E-state index contributed by atoms with van der Waals surface area (Å²) >= 11 is 0. The Morgan fingerprint density at radius 1 is 1.03 bits per heavy atom. The molecule has 1 saturated carbocycles. The number of amides is 1. The van der Waals surface area contributed by atoms with E-state index in [2.05, 4.69) is 5.32 Å². The molecule has 4 N–H and O–H groups in total. The highest BCUT2D eigenvalue weighted by molar-refractivity contribution is 7.89. The molecule has 0 radical (unpaired) electrons. The number of benzene rings is 2. The summed E-state index contributed by atoms with van der Waals surface area (Å²) in [4.78, 5) is 14.4. The van der Waals surface area contributed by atoms with E-state index in [4.69, 9.17) is 11.1 Å². The van der Waals surface area contributed by atoms with Crippen molar-refractivity contribution in [3.63, 3.8) is 0 Å². The smallest absolute Gasteiger partial charge is 0.266 e. The predicted octanol–water partition coefficient (Wildman–Crippen LogP) is 2.62. The van der Waals surface area contributed by atoms with Crippen LogP contribution < -0.4 is 11.1 Å². The van der Waals surface area contributed by atoms with Crippen molar-refractivity contribution in [1.82, 2.24) is 14.5 Å². The van der Waals surface area contributed by atoms with E-state index in [1.54, 1.807) is 24.3 Å².